The van der Waals surface area contributed by atoms with Gasteiger partial charge in [-0.05, 0) is 58.4 Å². The number of hydrogen-bond donors (Lipinski definition) is 10. The molecule has 0 saturated carbocycles. The minimum atomic E-state index is -1.45. The molecular formula is C25H46N10O8. The number of nitrogens with one attached hydrogen (secondary N) is 4. The van der Waals surface area contributed by atoms with E-state index in [2.05, 4.69) is 26.3 Å². The van der Waals surface area contributed by atoms with Crippen LogP contribution < -0.4 is 44.2 Å². The number of likely N-dealkylation sites (tertiary alicyclic amines) is 1. The Morgan fingerprint density at radius 3 is 2.26 bits per heavy atom. The van der Waals surface area contributed by atoms with Crippen LogP contribution >= 0.6 is 0 Å². The van der Waals surface area contributed by atoms with Gasteiger partial charge in [0.15, 0.2) is 5.96 Å². The predicted octanol–water partition coefficient (Wildman–Crippen LogP) is -4.85. The van der Waals surface area contributed by atoms with Gasteiger partial charge >= 0.3 is 5.97 Å². The number of aliphatic imine (C=N–C) groups is 1. The van der Waals surface area contributed by atoms with E-state index in [0.717, 1.165) is 0 Å². The molecule has 0 spiro atoms. The van der Waals surface area contributed by atoms with Gasteiger partial charge in [-0.25, -0.2) is 4.79 Å². The fourth-order valence-electron chi connectivity index (χ4n) is 4.30. The van der Waals surface area contributed by atoms with Crippen LogP contribution in [0.4, 0.5) is 0 Å². The number of aliphatic carboxylic acids is 1. The molecule has 0 aromatic heterocycles. The molecule has 14 N–H and O–H groups in total. The van der Waals surface area contributed by atoms with Crippen molar-refractivity contribution < 1.29 is 39.0 Å². The van der Waals surface area contributed by atoms with Crippen molar-refractivity contribution in [3.8, 4) is 0 Å². The van der Waals surface area contributed by atoms with Gasteiger partial charge in [-0.15, -0.1) is 0 Å². The van der Waals surface area contributed by atoms with Crippen LogP contribution in [0.5, 0.6) is 0 Å². The summed E-state index contributed by atoms with van der Waals surface area (Å²) in [7, 11) is 0. The first kappa shape index (κ1) is 37.0. The summed E-state index contributed by atoms with van der Waals surface area (Å²) in [6.07, 6.45) is 2.81. The van der Waals surface area contributed by atoms with E-state index in [1.165, 1.54) is 11.8 Å². The van der Waals surface area contributed by atoms with E-state index in [0.29, 0.717) is 38.6 Å². The Morgan fingerprint density at radius 2 is 1.65 bits per heavy atom. The van der Waals surface area contributed by atoms with Crippen LogP contribution in [-0.2, 0) is 28.8 Å². The van der Waals surface area contributed by atoms with Gasteiger partial charge in [0.05, 0.1) is 19.2 Å². The fourth-order valence-corrected chi connectivity index (χ4v) is 4.30. The largest absolute Gasteiger partial charge is 0.480 e. The number of unbranched alkanes of at least 4 members (excludes halogenated alkanes) is 1. The molecule has 0 bridgehead atoms. The van der Waals surface area contributed by atoms with E-state index in [1.807, 2.05) is 0 Å². The zero-order valence-corrected chi connectivity index (χ0v) is 24.4. The number of aliphatic hydroxyl groups is 1. The standard InChI is InChI=1S/C25H46N10O8/c1-14(32-21(39)15(27)6-4-10-30-25(28)29)20(38)34-17(13-36)22(40)31-12-19(37)33-16(7-2-3-9-26)23(41)35-11-5-8-18(35)24(42)43/h14-18,36H,2-13,26-27H2,1H3,(H,31,40)(H,32,39)(H,33,37)(H,34,38)(H,42,43)(H4,28,29,30)/t14-,15-,16-,17-,18-/m0/s1. The molecule has 0 aromatic carbocycles. The monoisotopic (exact) mass is 614 g/mol. The summed E-state index contributed by atoms with van der Waals surface area (Å²) in [5, 5.41) is 28.6. The van der Waals surface area contributed by atoms with Gasteiger partial charge in [0.1, 0.15) is 24.2 Å². The quantitative estimate of drug-likeness (QED) is 0.0372. The third-order valence-electron chi connectivity index (χ3n) is 6.70. The zero-order valence-electron chi connectivity index (χ0n) is 24.4. The summed E-state index contributed by atoms with van der Waals surface area (Å²) in [5.74, 6) is -4.78. The Morgan fingerprint density at radius 1 is 0.953 bits per heavy atom. The molecule has 1 aliphatic rings. The molecule has 5 atom stereocenters. The van der Waals surface area contributed by atoms with Gasteiger partial charge in [-0.3, -0.25) is 29.0 Å². The highest BCUT2D eigenvalue weighted by Crippen LogP contribution is 2.19. The Kier molecular flexibility index (Phi) is 16.5. The zero-order chi connectivity index (χ0) is 32.5. The topological polar surface area (TPSA) is 311 Å². The van der Waals surface area contributed by atoms with E-state index in [4.69, 9.17) is 22.9 Å². The molecule has 18 heteroatoms. The minimum Gasteiger partial charge on any atom is -0.480 e. The van der Waals surface area contributed by atoms with Crippen molar-refractivity contribution in [1.82, 2.24) is 26.2 Å². The normalized spacial score (nSPS) is 17.1. The second-order valence-electron chi connectivity index (χ2n) is 10.2. The number of carboxylic acids is 1. The van der Waals surface area contributed by atoms with Crippen LogP contribution in [0.2, 0.25) is 0 Å². The molecule has 1 rings (SSSR count). The number of rotatable bonds is 19. The molecule has 0 aliphatic carbocycles. The van der Waals surface area contributed by atoms with Gasteiger partial charge in [0, 0.05) is 13.1 Å². The van der Waals surface area contributed by atoms with Crippen LogP contribution in [0.3, 0.4) is 0 Å². The lowest BCUT2D eigenvalue weighted by atomic mass is 10.1. The van der Waals surface area contributed by atoms with Gasteiger partial charge < -0.3 is 59.3 Å². The molecule has 0 radical (unpaired) electrons. The summed E-state index contributed by atoms with van der Waals surface area (Å²) in [5.41, 5.74) is 21.8. The third-order valence-corrected chi connectivity index (χ3v) is 6.70. The van der Waals surface area contributed by atoms with Crippen molar-refractivity contribution in [1.29, 1.82) is 0 Å². The van der Waals surface area contributed by atoms with E-state index in [-0.39, 0.29) is 31.9 Å². The molecule has 0 unspecified atom stereocenters. The Labute approximate surface area is 249 Å². The van der Waals surface area contributed by atoms with Crippen molar-refractivity contribution in [2.75, 3.05) is 32.8 Å². The van der Waals surface area contributed by atoms with E-state index < -0.39 is 78.9 Å². The van der Waals surface area contributed by atoms with Crippen molar-refractivity contribution in [2.24, 2.45) is 27.9 Å². The van der Waals surface area contributed by atoms with Crippen molar-refractivity contribution in [3.05, 3.63) is 0 Å². The molecule has 5 amide bonds. The number of aliphatic hydroxyl groups excluding tert-OH is 1. The van der Waals surface area contributed by atoms with Crippen LogP contribution in [0.15, 0.2) is 4.99 Å². The maximum atomic E-state index is 13.1. The maximum absolute atomic E-state index is 13.1. The average molecular weight is 615 g/mol. The molecule has 1 saturated heterocycles. The minimum absolute atomic E-state index is 0.0859. The van der Waals surface area contributed by atoms with Crippen LogP contribution in [-0.4, -0.2) is 120 Å². The smallest absolute Gasteiger partial charge is 0.326 e. The number of amides is 5. The second-order valence-corrected chi connectivity index (χ2v) is 10.2. The number of nitrogens with two attached hydrogens (primary N) is 4. The van der Waals surface area contributed by atoms with Gasteiger partial charge in [0.2, 0.25) is 29.5 Å². The molecule has 244 valence electrons. The van der Waals surface area contributed by atoms with E-state index in [1.54, 1.807) is 0 Å². The first-order valence-electron chi connectivity index (χ1n) is 14.1. The summed E-state index contributed by atoms with van der Waals surface area (Å²) in [6, 6.07) is -5.50. The molecule has 1 aliphatic heterocycles. The van der Waals surface area contributed by atoms with Crippen LogP contribution in [0, 0.1) is 0 Å². The van der Waals surface area contributed by atoms with E-state index >= 15 is 0 Å². The highest BCUT2D eigenvalue weighted by Gasteiger charge is 2.37. The molecule has 18 nitrogen and oxygen atoms in total. The van der Waals surface area contributed by atoms with Gasteiger partial charge in [0.25, 0.3) is 0 Å². The van der Waals surface area contributed by atoms with Gasteiger partial charge in [-0.2, -0.15) is 0 Å². The Hall–Kier alpha value is -4.03. The summed E-state index contributed by atoms with van der Waals surface area (Å²) < 4.78 is 0. The number of carbonyl (C=O) groups is 6. The highest BCUT2D eigenvalue weighted by atomic mass is 16.4. The lowest BCUT2D eigenvalue weighted by molar-refractivity contribution is -0.149. The van der Waals surface area contributed by atoms with Gasteiger partial charge in [-0.1, -0.05) is 0 Å². The highest BCUT2D eigenvalue weighted by molar-refractivity contribution is 5.95. The molecular weight excluding hydrogens is 568 g/mol. The van der Waals surface area contributed by atoms with Crippen molar-refractivity contribution >= 4 is 41.5 Å². The fraction of sp³-hybridized carbons (Fsp3) is 0.720. The van der Waals surface area contributed by atoms with Crippen LogP contribution in [0.25, 0.3) is 0 Å². The summed E-state index contributed by atoms with van der Waals surface area (Å²) >= 11 is 0. The SMILES string of the molecule is C[C@H](NC(=O)[C@@H](N)CCCN=C(N)N)C(=O)N[C@@H](CO)C(=O)NCC(=O)N[C@@H](CCCCN)C(=O)N1CCC[C@H]1C(=O)O. The number of hydrogen-bond acceptors (Lipinski definition) is 10. The average Bonchev–Trinajstić information content (AvgIpc) is 3.46. The number of carbonyl (C=O) groups excluding carboxylic acids is 5. The third kappa shape index (κ3) is 13.2. The summed E-state index contributed by atoms with van der Waals surface area (Å²) in [4.78, 5) is 79.6. The first-order chi connectivity index (χ1) is 20.3. The summed E-state index contributed by atoms with van der Waals surface area (Å²) in [6.45, 7) is 0.856. The Bertz CT molecular complexity index is 1010. The second kappa shape index (κ2) is 19.2. The number of guanidine groups is 1. The van der Waals surface area contributed by atoms with Crippen LogP contribution in [0.1, 0.15) is 51.9 Å². The molecule has 0 aromatic rings. The molecule has 43 heavy (non-hydrogen) atoms. The first-order valence-corrected chi connectivity index (χ1v) is 14.1. The predicted molar refractivity (Wildman–Crippen MR) is 155 cm³/mol. The number of carboxylic acid groups (broad SMARTS) is 1. The number of nitrogens with zero attached hydrogens (tertiary/aromatic N) is 2. The van der Waals surface area contributed by atoms with Crippen molar-refractivity contribution in [2.45, 2.75) is 82.1 Å². The lowest BCUT2D eigenvalue weighted by Gasteiger charge is -2.27. The Balaban J connectivity index is 2.64. The lowest BCUT2D eigenvalue weighted by Crippen LogP contribution is -2.57. The maximum Gasteiger partial charge on any atom is 0.326 e. The molecule has 1 fully saturated rings. The molecule has 1 heterocycles. The van der Waals surface area contributed by atoms with E-state index in [9.17, 15) is 39.0 Å². The van der Waals surface area contributed by atoms with Crippen molar-refractivity contribution in [3.63, 3.8) is 0 Å².